The van der Waals surface area contributed by atoms with Crippen molar-refractivity contribution >= 4 is 0 Å². The van der Waals surface area contributed by atoms with Gasteiger partial charge >= 0.3 is 0 Å². The van der Waals surface area contributed by atoms with Crippen LogP contribution in [0.25, 0.3) is 0 Å². The molecule has 4 heteroatoms. The largest absolute Gasteiger partial charge is 0.493 e. The Morgan fingerprint density at radius 2 is 1.79 bits per heavy atom. The Hall–Kier alpha value is -1.29. The maximum Gasteiger partial charge on any atom is 0.163 e. The molecule has 1 aromatic carbocycles. The van der Waals surface area contributed by atoms with E-state index in [0.717, 1.165) is 25.7 Å². The maximum atomic E-state index is 14.1. The van der Waals surface area contributed by atoms with Gasteiger partial charge < -0.3 is 14.8 Å². The summed E-state index contributed by atoms with van der Waals surface area (Å²) in [5, 5.41) is 3.17. The highest BCUT2D eigenvalue weighted by molar-refractivity contribution is 5.44. The second-order valence-corrected chi connectivity index (χ2v) is 4.57. The Morgan fingerprint density at radius 3 is 2.32 bits per heavy atom. The molecule has 0 saturated carbocycles. The molecule has 1 unspecified atom stereocenters. The zero-order valence-corrected chi connectivity index (χ0v) is 12.3. The average Bonchev–Trinajstić information content (AvgIpc) is 2.44. The van der Waals surface area contributed by atoms with Crippen LogP contribution in [0.2, 0.25) is 0 Å². The third-order valence-corrected chi connectivity index (χ3v) is 3.32. The number of hydrogen-bond acceptors (Lipinski definition) is 3. The van der Waals surface area contributed by atoms with Gasteiger partial charge in [-0.15, -0.1) is 0 Å². The normalized spacial score (nSPS) is 12.3. The molecule has 0 heterocycles. The third-order valence-electron chi connectivity index (χ3n) is 3.32. The first-order valence-electron chi connectivity index (χ1n) is 6.76. The molecule has 0 radical (unpaired) electrons. The van der Waals surface area contributed by atoms with Crippen molar-refractivity contribution in [1.29, 1.82) is 0 Å². The highest BCUT2D eigenvalue weighted by Gasteiger charge is 2.17. The van der Waals surface area contributed by atoms with Gasteiger partial charge in [0, 0.05) is 17.7 Å². The molecule has 0 aliphatic heterocycles. The first-order chi connectivity index (χ1) is 9.17. The predicted octanol–water partition coefficient (Wildman–Crippen LogP) is 3.68. The van der Waals surface area contributed by atoms with Gasteiger partial charge in [0.25, 0.3) is 0 Å². The van der Waals surface area contributed by atoms with E-state index in [-0.39, 0.29) is 11.9 Å². The fraction of sp³-hybridized carbons (Fsp3) is 0.600. The summed E-state index contributed by atoms with van der Waals surface area (Å²) in [5.41, 5.74) is 0.635. The van der Waals surface area contributed by atoms with Crippen molar-refractivity contribution in [2.45, 2.75) is 38.6 Å². The standard InChI is InChI=1S/C15H24FNO2/c1-5-6-7-8-13(17-2)11-9-14(18-3)15(19-4)10-12(11)16/h9-10,13,17H,5-8H2,1-4H3. The molecule has 0 saturated heterocycles. The zero-order chi connectivity index (χ0) is 14.3. The fourth-order valence-electron chi connectivity index (χ4n) is 2.19. The van der Waals surface area contributed by atoms with E-state index in [9.17, 15) is 4.39 Å². The molecule has 1 N–H and O–H groups in total. The number of ether oxygens (including phenoxy) is 2. The first-order valence-corrected chi connectivity index (χ1v) is 6.76. The Morgan fingerprint density at radius 1 is 1.16 bits per heavy atom. The van der Waals surface area contributed by atoms with Gasteiger partial charge in [-0.25, -0.2) is 4.39 Å². The van der Waals surface area contributed by atoms with Crippen molar-refractivity contribution in [3.8, 4) is 11.5 Å². The van der Waals surface area contributed by atoms with Crippen LogP contribution >= 0.6 is 0 Å². The number of methoxy groups -OCH3 is 2. The molecule has 0 aliphatic carbocycles. The Labute approximate surface area is 115 Å². The minimum Gasteiger partial charge on any atom is -0.493 e. The van der Waals surface area contributed by atoms with E-state index in [1.807, 2.05) is 7.05 Å². The monoisotopic (exact) mass is 269 g/mol. The quantitative estimate of drug-likeness (QED) is 0.730. The van der Waals surface area contributed by atoms with Gasteiger partial charge in [-0.2, -0.15) is 0 Å². The lowest BCUT2D eigenvalue weighted by atomic mass is 9.99. The Balaban J connectivity index is 2.96. The van der Waals surface area contributed by atoms with Crippen LogP contribution in [0, 0.1) is 5.82 Å². The van der Waals surface area contributed by atoms with E-state index in [1.165, 1.54) is 13.2 Å². The number of benzene rings is 1. The van der Waals surface area contributed by atoms with Crippen LogP contribution in [0.3, 0.4) is 0 Å². The van der Waals surface area contributed by atoms with Crippen LogP contribution in [0.15, 0.2) is 12.1 Å². The van der Waals surface area contributed by atoms with Gasteiger partial charge in [-0.1, -0.05) is 26.2 Å². The van der Waals surface area contributed by atoms with Gasteiger partial charge in [0.2, 0.25) is 0 Å². The molecule has 0 bridgehead atoms. The van der Waals surface area contributed by atoms with Crippen molar-refractivity contribution in [3.05, 3.63) is 23.5 Å². The SMILES string of the molecule is CCCCCC(NC)c1cc(OC)c(OC)cc1F. The van der Waals surface area contributed by atoms with E-state index in [4.69, 9.17) is 9.47 Å². The van der Waals surface area contributed by atoms with Gasteiger partial charge in [0.15, 0.2) is 11.5 Å². The summed E-state index contributed by atoms with van der Waals surface area (Å²) in [6.45, 7) is 2.16. The Bertz CT molecular complexity index is 396. The van der Waals surface area contributed by atoms with Gasteiger partial charge in [0.05, 0.1) is 14.2 Å². The van der Waals surface area contributed by atoms with Crippen LogP contribution in [0.4, 0.5) is 4.39 Å². The number of hydrogen-bond donors (Lipinski definition) is 1. The molecule has 3 nitrogen and oxygen atoms in total. The van der Waals surface area contributed by atoms with Crippen LogP contribution in [0.5, 0.6) is 11.5 Å². The molecule has 19 heavy (non-hydrogen) atoms. The number of halogens is 1. The highest BCUT2D eigenvalue weighted by Crippen LogP contribution is 2.33. The molecule has 1 atom stereocenters. The molecule has 1 aromatic rings. The van der Waals surface area contributed by atoms with Crippen molar-refractivity contribution in [2.75, 3.05) is 21.3 Å². The molecule has 0 aliphatic rings. The predicted molar refractivity (Wildman–Crippen MR) is 75.4 cm³/mol. The van der Waals surface area contributed by atoms with Gasteiger partial charge in [-0.05, 0) is 19.5 Å². The lowest BCUT2D eigenvalue weighted by Crippen LogP contribution is -2.18. The molecule has 0 aromatic heterocycles. The molecular weight excluding hydrogens is 245 g/mol. The minimum absolute atomic E-state index is 0.00589. The molecule has 108 valence electrons. The van der Waals surface area contributed by atoms with E-state index < -0.39 is 0 Å². The van der Waals surface area contributed by atoms with Crippen molar-refractivity contribution in [3.63, 3.8) is 0 Å². The molecular formula is C15H24FNO2. The van der Waals surface area contributed by atoms with Crippen LogP contribution < -0.4 is 14.8 Å². The second-order valence-electron chi connectivity index (χ2n) is 4.57. The molecule has 1 rings (SSSR count). The van der Waals surface area contributed by atoms with Crippen molar-refractivity contribution < 1.29 is 13.9 Å². The van der Waals surface area contributed by atoms with Gasteiger partial charge in [0.1, 0.15) is 5.82 Å². The fourth-order valence-corrected chi connectivity index (χ4v) is 2.19. The summed E-state index contributed by atoms with van der Waals surface area (Å²) in [6.07, 6.45) is 4.31. The molecule has 0 spiro atoms. The topological polar surface area (TPSA) is 30.5 Å². The van der Waals surface area contributed by atoms with E-state index >= 15 is 0 Å². The summed E-state index contributed by atoms with van der Waals surface area (Å²) >= 11 is 0. The first kappa shape index (κ1) is 15.8. The van der Waals surface area contributed by atoms with Gasteiger partial charge in [-0.3, -0.25) is 0 Å². The summed E-state index contributed by atoms with van der Waals surface area (Å²) in [6, 6.07) is 3.12. The Kier molecular flexibility index (Phi) is 6.64. The number of unbranched alkanes of at least 4 members (excludes halogenated alkanes) is 2. The summed E-state index contributed by atoms with van der Waals surface area (Å²) in [5.74, 6) is 0.732. The average molecular weight is 269 g/mol. The van der Waals surface area contributed by atoms with Crippen LogP contribution in [0.1, 0.15) is 44.2 Å². The lowest BCUT2D eigenvalue weighted by molar-refractivity contribution is 0.350. The van der Waals surface area contributed by atoms with Crippen molar-refractivity contribution in [1.82, 2.24) is 5.32 Å². The third kappa shape index (κ3) is 4.10. The van der Waals surface area contributed by atoms with E-state index in [2.05, 4.69) is 12.2 Å². The van der Waals surface area contributed by atoms with E-state index in [1.54, 1.807) is 13.2 Å². The highest BCUT2D eigenvalue weighted by atomic mass is 19.1. The number of nitrogens with one attached hydrogen (secondary N) is 1. The van der Waals surface area contributed by atoms with Crippen molar-refractivity contribution in [2.24, 2.45) is 0 Å². The molecule has 0 fully saturated rings. The van der Waals surface area contributed by atoms with Crippen LogP contribution in [-0.4, -0.2) is 21.3 Å². The lowest BCUT2D eigenvalue weighted by Gasteiger charge is -2.19. The maximum absolute atomic E-state index is 14.1. The zero-order valence-electron chi connectivity index (χ0n) is 12.3. The summed E-state index contributed by atoms with van der Waals surface area (Å²) in [7, 11) is 4.92. The number of rotatable bonds is 8. The smallest absolute Gasteiger partial charge is 0.163 e. The van der Waals surface area contributed by atoms with E-state index in [0.29, 0.717) is 17.1 Å². The summed E-state index contributed by atoms with van der Waals surface area (Å²) in [4.78, 5) is 0. The summed E-state index contributed by atoms with van der Waals surface area (Å²) < 4.78 is 24.5. The second kappa shape index (κ2) is 8.00. The minimum atomic E-state index is -0.256. The molecule has 0 amide bonds. The van der Waals surface area contributed by atoms with Crippen LogP contribution in [-0.2, 0) is 0 Å².